The lowest BCUT2D eigenvalue weighted by molar-refractivity contribution is 0.0978. The summed E-state index contributed by atoms with van der Waals surface area (Å²) >= 11 is 0. The Morgan fingerprint density at radius 2 is 1.59 bits per heavy atom. The molecule has 0 aromatic heterocycles. The van der Waals surface area contributed by atoms with Gasteiger partial charge in [0.25, 0.3) is 0 Å². The topological polar surface area (TPSA) is 29.5 Å². The van der Waals surface area contributed by atoms with Crippen molar-refractivity contribution in [2.45, 2.75) is 52.9 Å². The third-order valence-electron chi connectivity index (χ3n) is 5.21. The molecule has 0 aliphatic carbocycles. The number of aryl methyl sites for hydroxylation is 1. The molecule has 0 saturated heterocycles. The number of hydrogen-bond acceptors (Lipinski definition) is 3. The second-order valence-electron chi connectivity index (χ2n) is 8.24. The molecule has 0 N–H and O–H groups in total. The lowest BCUT2D eigenvalue weighted by atomic mass is 9.86. The highest BCUT2D eigenvalue weighted by Crippen LogP contribution is 2.24. The fourth-order valence-corrected chi connectivity index (χ4v) is 3.21. The van der Waals surface area contributed by atoms with E-state index in [4.69, 9.17) is 4.74 Å². The van der Waals surface area contributed by atoms with Crippen LogP contribution in [-0.2, 0) is 11.8 Å². The lowest BCUT2D eigenvalue weighted by Crippen LogP contribution is -2.28. The molecule has 0 unspecified atom stereocenters. The molecular formula is C25H36ClNO2. The molecule has 0 fully saturated rings. The normalized spacial score (nSPS) is 11.2. The van der Waals surface area contributed by atoms with E-state index in [1.807, 2.05) is 24.3 Å². The Kier molecular flexibility index (Phi) is 10.4. The number of halogens is 1. The van der Waals surface area contributed by atoms with Crippen molar-refractivity contribution in [2.24, 2.45) is 0 Å². The molecule has 160 valence electrons. The Morgan fingerprint density at radius 3 is 2.17 bits per heavy atom. The quantitative estimate of drug-likeness (QED) is 0.448. The van der Waals surface area contributed by atoms with Crippen LogP contribution in [0.15, 0.2) is 48.5 Å². The Labute approximate surface area is 182 Å². The number of benzene rings is 2. The maximum atomic E-state index is 12.8. The molecular weight excluding hydrogens is 382 g/mol. The molecule has 2 rings (SSSR count). The summed E-state index contributed by atoms with van der Waals surface area (Å²) < 4.78 is 5.94. The lowest BCUT2D eigenvalue weighted by Gasteiger charge is -2.19. The van der Waals surface area contributed by atoms with E-state index in [-0.39, 0.29) is 23.6 Å². The van der Waals surface area contributed by atoms with Gasteiger partial charge in [0.1, 0.15) is 12.4 Å². The minimum absolute atomic E-state index is 0. The van der Waals surface area contributed by atoms with Crippen molar-refractivity contribution in [3.8, 4) is 5.75 Å². The average Bonchev–Trinajstić information content (AvgIpc) is 2.69. The highest BCUT2D eigenvalue weighted by molar-refractivity contribution is 5.98. The summed E-state index contributed by atoms with van der Waals surface area (Å²) in [6.07, 6.45) is 1.24. The number of carbonyl (C=O) groups is 1. The van der Waals surface area contributed by atoms with Crippen molar-refractivity contribution in [1.82, 2.24) is 4.90 Å². The first kappa shape index (κ1) is 25.2. The zero-order chi connectivity index (χ0) is 20.6. The van der Waals surface area contributed by atoms with Gasteiger partial charge in [0.15, 0.2) is 5.78 Å². The first-order valence-electron chi connectivity index (χ1n) is 10.4. The molecule has 4 heteroatoms. The number of nitrogens with zero attached hydrogens (tertiary/aromatic N) is 1. The number of rotatable bonds is 10. The molecule has 0 saturated carbocycles. The Morgan fingerprint density at radius 1 is 0.966 bits per heavy atom. The Balaban J connectivity index is 0.00000420. The van der Waals surface area contributed by atoms with E-state index in [9.17, 15) is 4.79 Å². The monoisotopic (exact) mass is 417 g/mol. The summed E-state index contributed by atoms with van der Waals surface area (Å²) in [5, 5.41) is 0. The molecule has 0 spiro atoms. The van der Waals surface area contributed by atoms with E-state index < -0.39 is 0 Å². The van der Waals surface area contributed by atoms with Crippen molar-refractivity contribution >= 4 is 18.2 Å². The van der Waals surface area contributed by atoms with E-state index in [0.29, 0.717) is 24.3 Å². The molecule has 0 heterocycles. The van der Waals surface area contributed by atoms with E-state index >= 15 is 0 Å². The standard InChI is InChI=1S/C25H35NO2.ClH/c1-6-26(7-2)18-19-28-24-11-9-8-10-22(24)23(27)17-14-20-12-15-21(16-13-20)25(3,4)5;/h8-13,15-16H,6-7,14,17-19H2,1-5H3;1H. The van der Waals surface area contributed by atoms with Crippen LogP contribution in [0.25, 0.3) is 0 Å². The largest absolute Gasteiger partial charge is 0.491 e. The summed E-state index contributed by atoms with van der Waals surface area (Å²) in [7, 11) is 0. The maximum Gasteiger partial charge on any atom is 0.166 e. The molecule has 29 heavy (non-hydrogen) atoms. The molecule has 2 aromatic carbocycles. The Bertz CT molecular complexity index is 746. The molecule has 3 nitrogen and oxygen atoms in total. The Hall–Kier alpha value is -1.84. The van der Waals surface area contributed by atoms with Crippen molar-refractivity contribution in [2.75, 3.05) is 26.2 Å². The van der Waals surface area contributed by atoms with Crippen molar-refractivity contribution in [3.05, 3.63) is 65.2 Å². The van der Waals surface area contributed by atoms with E-state index in [0.717, 1.165) is 26.1 Å². The maximum absolute atomic E-state index is 12.8. The fraction of sp³-hybridized carbons (Fsp3) is 0.480. The van der Waals surface area contributed by atoms with Crippen LogP contribution in [0, 0.1) is 0 Å². The molecule has 0 amide bonds. The minimum Gasteiger partial charge on any atom is -0.491 e. The number of ether oxygens (including phenoxy) is 1. The highest BCUT2D eigenvalue weighted by atomic mass is 35.5. The average molecular weight is 418 g/mol. The van der Waals surface area contributed by atoms with Crippen LogP contribution in [0.4, 0.5) is 0 Å². The SMILES string of the molecule is CCN(CC)CCOc1ccccc1C(=O)CCc1ccc(C(C)(C)C)cc1.Cl. The molecule has 0 atom stereocenters. The second-order valence-corrected chi connectivity index (χ2v) is 8.24. The number of hydrogen-bond donors (Lipinski definition) is 0. The third kappa shape index (κ3) is 7.83. The summed E-state index contributed by atoms with van der Waals surface area (Å²) in [6.45, 7) is 14.4. The van der Waals surface area contributed by atoms with Crippen LogP contribution in [0.5, 0.6) is 5.75 Å². The van der Waals surface area contributed by atoms with Gasteiger partial charge in [-0.2, -0.15) is 0 Å². The van der Waals surface area contributed by atoms with Gasteiger partial charge in [0.2, 0.25) is 0 Å². The van der Waals surface area contributed by atoms with Gasteiger partial charge in [-0.1, -0.05) is 71.0 Å². The van der Waals surface area contributed by atoms with Crippen LogP contribution in [0.3, 0.4) is 0 Å². The van der Waals surface area contributed by atoms with Gasteiger partial charge in [-0.25, -0.2) is 0 Å². The van der Waals surface area contributed by atoms with Gasteiger partial charge in [0.05, 0.1) is 5.56 Å². The smallest absolute Gasteiger partial charge is 0.166 e. The van der Waals surface area contributed by atoms with Crippen molar-refractivity contribution in [1.29, 1.82) is 0 Å². The predicted octanol–water partition coefficient (Wildman–Crippen LogP) is 5.94. The van der Waals surface area contributed by atoms with Crippen LogP contribution in [0.1, 0.15) is 62.5 Å². The second kappa shape index (κ2) is 12.0. The number of carbonyl (C=O) groups excluding carboxylic acids is 1. The van der Waals surface area contributed by atoms with E-state index in [1.165, 1.54) is 11.1 Å². The summed E-state index contributed by atoms with van der Waals surface area (Å²) in [5.74, 6) is 0.834. The molecule has 0 aliphatic heterocycles. The molecule has 0 radical (unpaired) electrons. The number of para-hydroxylation sites is 1. The zero-order valence-corrected chi connectivity index (χ0v) is 19.3. The minimum atomic E-state index is 0. The van der Waals surface area contributed by atoms with Crippen LogP contribution in [0.2, 0.25) is 0 Å². The van der Waals surface area contributed by atoms with Gasteiger partial charge in [-0.15, -0.1) is 12.4 Å². The molecule has 2 aromatic rings. The van der Waals surface area contributed by atoms with Gasteiger partial charge < -0.3 is 9.64 Å². The van der Waals surface area contributed by atoms with Gasteiger partial charge in [-0.3, -0.25) is 4.79 Å². The summed E-state index contributed by atoms with van der Waals surface area (Å²) in [6, 6.07) is 16.2. The van der Waals surface area contributed by atoms with Gasteiger partial charge >= 0.3 is 0 Å². The zero-order valence-electron chi connectivity index (χ0n) is 18.5. The van der Waals surface area contributed by atoms with E-state index in [1.54, 1.807) is 0 Å². The third-order valence-corrected chi connectivity index (χ3v) is 5.21. The van der Waals surface area contributed by atoms with Crippen LogP contribution >= 0.6 is 12.4 Å². The van der Waals surface area contributed by atoms with Gasteiger partial charge in [-0.05, 0) is 48.2 Å². The fourth-order valence-electron chi connectivity index (χ4n) is 3.21. The van der Waals surface area contributed by atoms with Gasteiger partial charge in [0, 0.05) is 13.0 Å². The number of likely N-dealkylation sites (N-methyl/N-ethyl adjacent to an activating group) is 1. The highest BCUT2D eigenvalue weighted by Gasteiger charge is 2.15. The predicted molar refractivity (Wildman–Crippen MR) is 125 cm³/mol. The van der Waals surface area contributed by atoms with Crippen LogP contribution in [-0.4, -0.2) is 36.9 Å². The van der Waals surface area contributed by atoms with Crippen LogP contribution < -0.4 is 4.74 Å². The van der Waals surface area contributed by atoms with Crippen molar-refractivity contribution < 1.29 is 9.53 Å². The number of ketones is 1. The first-order chi connectivity index (χ1) is 13.3. The molecule has 0 aliphatic rings. The number of Topliss-reactive ketones (excluding diaryl/α,β-unsaturated/α-hetero) is 1. The van der Waals surface area contributed by atoms with Crippen molar-refractivity contribution in [3.63, 3.8) is 0 Å². The summed E-state index contributed by atoms with van der Waals surface area (Å²) in [5.41, 5.74) is 3.35. The first-order valence-corrected chi connectivity index (χ1v) is 10.4. The summed E-state index contributed by atoms with van der Waals surface area (Å²) in [4.78, 5) is 15.1. The van der Waals surface area contributed by atoms with E-state index in [2.05, 4.69) is 63.8 Å². The molecule has 0 bridgehead atoms.